The molecule has 3 N–H and O–H groups in total. The molecule has 0 unspecified atom stereocenters. The zero-order valence-corrected chi connectivity index (χ0v) is 11.2. The molecule has 0 aliphatic heterocycles. The van der Waals surface area contributed by atoms with Gasteiger partial charge >= 0.3 is 0 Å². The molecule has 0 spiro atoms. The molecule has 0 aliphatic carbocycles. The quantitative estimate of drug-likeness (QED) is 0.742. The van der Waals surface area contributed by atoms with Gasteiger partial charge in [0.25, 0.3) is 11.5 Å². The van der Waals surface area contributed by atoms with Gasteiger partial charge in [-0.2, -0.15) is 0 Å². The van der Waals surface area contributed by atoms with E-state index in [2.05, 4.69) is 15.0 Å². The molecule has 0 saturated heterocycles. The zero-order chi connectivity index (χ0) is 14.5. The Bertz CT molecular complexity index is 638. The van der Waals surface area contributed by atoms with Crippen molar-refractivity contribution in [2.24, 2.45) is 0 Å². The molecule has 0 atom stereocenters. The lowest BCUT2D eigenvalue weighted by Crippen LogP contribution is -2.33. The summed E-state index contributed by atoms with van der Waals surface area (Å²) in [5, 5.41) is 8.99. The summed E-state index contributed by atoms with van der Waals surface area (Å²) in [7, 11) is 0. The van der Waals surface area contributed by atoms with Crippen molar-refractivity contribution in [3.8, 4) is 0 Å². The number of aliphatic hydroxyl groups excluding tert-OH is 1. The smallest absolute Gasteiger partial charge is 0.266 e. The third-order valence-electron chi connectivity index (χ3n) is 2.66. The molecular weight excluding hydrogens is 284 g/mol. The van der Waals surface area contributed by atoms with Gasteiger partial charge in [0.1, 0.15) is 10.8 Å². The van der Waals surface area contributed by atoms with Crippen molar-refractivity contribution in [2.45, 2.75) is 6.54 Å². The molecule has 0 saturated carbocycles. The average Bonchev–Trinajstić information content (AvgIpc) is 2.93. The molecule has 20 heavy (non-hydrogen) atoms. The Hall–Kier alpha value is -2.12. The van der Waals surface area contributed by atoms with Crippen molar-refractivity contribution in [1.82, 2.24) is 19.9 Å². The highest BCUT2D eigenvalue weighted by atomic mass is 35.5. The lowest BCUT2D eigenvalue weighted by atomic mass is 10.2. The summed E-state index contributed by atoms with van der Waals surface area (Å²) in [6.07, 6.45) is 4.52. The van der Waals surface area contributed by atoms with Crippen LogP contribution in [0.3, 0.4) is 0 Å². The van der Waals surface area contributed by atoms with E-state index in [1.54, 1.807) is 12.4 Å². The fraction of sp³-hybridized carbons (Fsp3) is 0.250. The number of rotatable bonds is 5. The molecule has 2 aromatic heterocycles. The van der Waals surface area contributed by atoms with Crippen molar-refractivity contribution >= 4 is 17.5 Å². The topological polar surface area (TPSA) is 102 Å². The number of aliphatic hydroxyl groups is 1. The molecule has 0 radical (unpaired) electrons. The second kappa shape index (κ2) is 6.36. The molecule has 106 valence electrons. The number of hydrogen-bond acceptors (Lipinski definition) is 4. The predicted molar refractivity (Wildman–Crippen MR) is 72.5 cm³/mol. The zero-order valence-electron chi connectivity index (χ0n) is 10.5. The molecule has 0 aliphatic rings. The molecular formula is C12H13ClN4O3. The SMILES string of the molecule is O=C(c1c[nH]c(=O)c(Cl)c1)N(CCO)Cc1ncc[nH]1. The van der Waals surface area contributed by atoms with Crippen LogP contribution in [0.5, 0.6) is 0 Å². The van der Waals surface area contributed by atoms with Gasteiger partial charge in [-0.1, -0.05) is 11.6 Å². The highest BCUT2D eigenvalue weighted by Gasteiger charge is 2.17. The number of imidazole rings is 1. The van der Waals surface area contributed by atoms with Crippen LogP contribution in [0, 0.1) is 0 Å². The fourth-order valence-electron chi connectivity index (χ4n) is 1.70. The Morgan fingerprint density at radius 2 is 2.25 bits per heavy atom. The maximum absolute atomic E-state index is 12.3. The van der Waals surface area contributed by atoms with Crippen LogP contribution in [-0.2, 0) is 6.54 Å². The van der Waals surface area contributed by atoms with E-state index in [4.69, 9.17) is 16.7 Å². The number of carbonyl (C=O) groups is 1. The summed E-state index contributed by atoms with van der Waals surface area (Å²) in [4.78, 5) is 34.2. The number of aromatic amines is 2. The first kappa shape index (κ1) is 14.3. The van der Waals surface area contributed by atoms with E-state index in [1.807, 2.05) is 0 Å². The third-order valence-corrected chi connectivity index (χ3v) is 2.94. The van der Waals surface area contributed by atoms with Crippen molar-refractivity contribution in [3.63, 3.8) is 0 Å². The number of H-pyrrole nitrogens is 2. The highest BCUT2D eigenvalue weighted by Crippen LogP contribution is 2.09. The molecule has 0 fully saturated rings. The lowest BCUT2D eigenvalue weighted by Gasteiger charge is -2.20. The number of nitrogens with zero attached hydrogens (tertiary/aromatic N) is 2. The number of amides is 1. The van der Waals surface area contributed by atoms with E-state index in [9.17, 15) is 9.59 Å². The first-order valence-corrected chi connectivity index (χ1v) is 6.26. The number of halogens is 1. The average molecular weight is 297 g/mol. The Balaban J connectivity index is 2.21. The largest absolute Gasteiger partial charge is 0.395 e. The summed E-state index contributed by atoms with van der Waals surface area (Å²) in [6, 6.07) is 1.30. The maximum atomic E-state index is 12.3. The molecule has 2 rings (SSSR count). The van der Waals surface area contributed by atoms with Crippen molar-refractivity contribution in [2.75, 3.05) is 13.2 Å². The van der Waals surface area contributed by atoms with Crippen molar-refractivity contribution in [3.05, 3.63) is 51.4 Å². The second-order valence-electron chi connectivity index (χ2n) is 4.05. The third kappa shape index (κ3) is 3.25. The van der Waals surface area contributed by atoms with E-state index in [1.165, 1.54) is 17.2 Å². The highest BCUT2D eigenvalue weighted by molar-refractivity contribution is 6.30. The molecule has 1 amide bonds. The van der Waals surface area contributed by atoms with Crippen LogP contribution in [0.15, 0.2) is 29.5 Å². The van der Waals surface area contributed by atoms with Crippen LogP contribution < -0.4 is 5.56 Å². The normalized spacial score (nSPS) is 10.5. The van der Waals surface area contributed by atoms with E-state index < -0.39 is 5.56 Å². The van der Waals surface area contributed by atoms with Gasteiger partial charge in [-0.3, -0.25) is 9.59 Å². The summed E-state index contributed by atoms with van der Waals surface area (Å²) in [6.45, 7) is 0.197. The van der Waals surface area contributed by atoms with Crippen molar-refractivity contribution < 1.29 is 9.90 Å². The van der Waals surface area contributed by atoms with Crippen LogP contribution in [-0.4, -0.2) is 44.0 Å². The van der Waals surface area contributed by atoms with Gasteiger partial charge in [0.15, 0.2) is 0 Å². The first-order valence-electron chi connectivity index (χ1n) is 5.88. The Morgan fingerprint density at radius 1 is 1.45 bits per heavy atom. The van der Waals surface area contributed by atoms with E-state index >= 15 is 0 Å². The number of carbonyl (C=O) groups excluding carboxylic acids is 1. The van der Waals surface area contributed by atoms with Gasteiger partial charge in [-0.05, 0) is 6.07 Å². The van der Waals surface area contributed by atoms with E-state index in [0.717, 1.165) is 0 Å². The first-order chi connectivity index (χ1) is 9.61. The summed E-state index contributed by atoms with van der Waals surface area (Å²) >= 11 is 5.70. The van der Waals surface area contributed by atoms with Crippen LogP contribution in [0.1, 0.15) is 16.2 Å². The Kier molecular flexibility index (Phi) is 4.54. The van der Waals surface area contributed by atoms with Crippen LogP contribution in [0.25, 0.3) is 0 Å². The molecule has 7 nitrogen and oxygen atoms in total. The Morgan fingerprint density at radius 3 is 2.85 bits per heavy atom. The standard InChI is InChI=1S/C12H13ClN4O3/c13-9-5-8(6-16-11(9)19)12(20)17(3-4-18)7-10-14-1-2-15-10/h1-2,5-6,18H,3-4,7H2,(H,14,15)(H,16,19). The summed E-state index contributed by atoms with van der Waals surface area (Å²) in [5.74, 6) is 0.246. The minimum Gasteiger partial charge on any atom is -0.395 e. The van der Waals surface area contributed by atoms with Gasteiger partial charge < -0.3 is 20.0 Å². The summed E-state index contributed by atoms with van der Waals surface area (Å²) in [5.41, 5.74) is -0.211. The van der Waals surface area contributed by atoms with Gasteiger partial charge in [-0.15, -0.1) is 0 Å². The predicted octanol–water partition coefficient (Wildman–Crippen LogP) is 0.386. The van der Waals surface area contributed by atoms with E-state index in [0.29, 0.717) is 5.82 Å². The maximum Gasteiger partial charge on any atom is 0.266 e. The van der Waals surface area contributed by atoms with E-state index in [-0.39, 0.29) is 36.2 Å². The van der Waals surface area contributed by atoms with Crippen molar-refractivity contribution in [1.29, 1.82) is 0 Å². The number of pyridine rings is 1. The molecule has 8 heteroatoms. The lowest BCUT2D eigenvalue weighted by molar-refractivity contribution is 0.0703. The fourth-order valence-corrected chi connectivity index (χ4v) is 1.87. The molecule has 0 aromatic carbocycles. The van der Waals surface area contributed by atoms with Gasteiger partial charge in [-0.25, -0.2) is 4.98 Å². The summed E-state index contributed by atoms with van der Waals surface area (Å²) < 4.78 is 0. The molecule has 0 bridgehead atoms. The van der Waals surface area contributed by atoms with Crippen LogP contribution >= 0.6 is 11.6 Å². The molecule has 2 heterocycles. The Labute approximate surface area is 119 Å². The minimum atomic E-state index is -0.456. The van der Waals surface area contributed by atoms with Crippen LogP contribution in [0.2, 0.25) is 5.02 Å². The van der Waals surface area contributed by atoms with Gasteiger partial charge in [0, 0.05) is 25.1 Å². The van der Waals surface area contributed by atoms with Gasteiger partial charge in [0.2, 0.25) is 0 Å². The number of aromatic nitrogens is 3. The molecule has 2 aromatic rings. The second-order valence-corrected chi connectivity index (χ2v) is 4.46. The minimum absolute atomic E-state index is 0.0576. The van der Waals surface area contributed by atoms with Gasteiger partial charge in [0.05, 0.1) is 18.7 Å². The monoisotopic (exact) mass is 296 g/mol. The number of nitrogens with one attached hydrogen (secondary N) is 2. The number of hydrogen-bond donors (Lipinski definition) is 3. The van der Waals surface area contributed by atoms with Crippen LogP contribution in [0.4, 0.5) is 0 Å².